The summed E-state index contributed by atoms with van der Waals surface area (Å²) in [6.07, 6.45) is 1.33. The first kappa shape index (κ1) is 23.6. The third-order valence-corrected chi connectivity index (χ3v) is 6.33. The van der Waals surface area contributed by atoms with Gasteiger partial charge in [0.25, 0.3) is 11.8 Å². The largest absolute Gasteiger partial charge is 0.490 e. The Bertz CT molecular complexity index is 1530. The number of halogens is 1. The van der Waals surface area contributed by atoms with E-state index in [0.29, 0.717) is 40.6 Å². The lowest BCUT2D eigenvalue weighted by Gasteiger charge is -2.11. The van der Waals surface area contributed by atoms with Gasteiger partial charge in [-0.2, -0.15) is 10.2 Å². The van der Waals surface area contributed by atoms with Crippen LogP contribution in [0.1, 0.15) is 47.3 Å². The highest BCUT2D eigenvalue weighted by Crippen LogP contribution is 2.33. The molecule has 0 bridgehead atoms. The Morgan fingerprint density at radius 3 is 2.64 bits per heavy atom. The Labute approximate surface area is 216 Å². The molecule has 1 heterocycles. The van der Waals surface area contributed by atoms with Crippen molar-refractivity contribution < 1.29 is 14.1 Å². The molecule has 1 amide bonds. The van der Waals surface area contributed by atoms with Gasteiger partial charge in [0.15, 0.2) is 0 Å². The second-order valence-corrected chi connectivity index (χ2v) is 9.53. The van der Waals surface area contributed by atoms with Crippen LogP contribution in [0.25, 0.3) is 22.8 Å². The summed E-state index contributed by atoms with van der Waals surface area (Å²) in [5.74, 6) is 1.01. The van der Waals surface area contributed by atoms with Crippen molar-refractivity contribution in [3.05, 3.63) is 87.4 Å². The molecule has 0 atom stereocenters. The minimum absolute atomic E-state index is 0.0447. The average molecular weight is 541 g/mol. The standard InChI is InChI=1S/C28H21BrN4O3/c1-16(2)35-25-13-8-18(14-19(25)15-30)28-32-26(33-36-28)23-5-3-4-22-21(23)11-12-24(22)31-27(34)17-6-9-20(29)10-7-17/h3-10,13-14,16H,11-12H2,1-2H3/b31-24-. The van der Waals surface area contributed by atoms with E-state index in [1.807, 2.05) is 44.2 Å². The molecule has 7 nitrogen and oxygen atoms in total. The second-order valence-electron chi connectivity index (χ2n) is 8.61. The van der Waals surface area contributed by atoms with Gasteiger partial charge in [-0.25, -0.2) is 4.99 Å². The monoisotopic (exact) mass is 540 g/mol. The Balaban J connectivity index is 1.44. The summed E-state index contributed by atoms with van der Waals surface area (Å²) in [7, 11) is 0. The summed E-state index contributed by atoms with van der Waals surface area (Å²) in [5.41, 5.74) is 5.12. The van der Waals surface area contributed by atoms with E-state index >= 15 is 0 Å². The van der Waals surface area contributed by atoms with Crippen molar-refractivity contribution >= 4 is 27.5 Å². The molecule has 0 radical (unpaired) electrons. The van der Waals surface area contributed by atoms with Gasteiger partial charge in [0.1, 0.15) is 11.8 Å². The Hall–Kier alpha value is -4.09. The molecule has 1 aliphatic carbocycles. The lowest BCUT2D eigenvalue weighted by atomic mass is 10.0. The predicted molar refractivity (Wildman–Crippen MR) is 139 cm³/mol. The smallest absolute Gasteiger partial charge is 0.277 e. The highest BCUT2D eigenvalue weighted by atomic mass is 79.9. The summed E-state index contributed by atoms with van der Waals surface area (Å²) in [4.78, 5) is 21.7. The molecule has 0 saturated carbocycles. The van der Waals surface area contributed by atoms with Crippen molar-refractivity contribution in [2.24, 2.45) is 4.99 Å². The van der Waals surface area contributed by atoms with Crippen LogP contribution in [0, 0.1) is 11.3 Å². The van der Waals surface area contributed by atoms with Gasteiger partial charge in [0.05, 0.1) is 17.4 Å². The molecule has 8 heteroatoms. The van der Waals surface area contributed by atoms with Gasteiger partial charge in [-0.3, -0.25) is 4.79 Å². The van der Waals surface area contributed by atoms with E-state index in [1.54, 1.807) is 30.3 Å². The molecular formula is C28H21BrN4O3. The molecule has 0 saturated heterocycles. The number of nitrogens with zero attached hydrogens (tertiary/aromatic N) is 4. The molecule has 0 unspecified atom stereocenters. The fourth-order valence-electron chi connectivity index (χ4n) is 4.17. The maximum Gasteiger partial charge on any atom is 0.277 e. The molecule has 0 spiro atoms. The van der Waals surface area contributed by atoms with Crippen LogP contribution in [0.3, 0.4) is 0 Å². The number of fused-ring (bicyclic) bond motifs is 1. The van der Waals surface area contributed by atoms with Gasteiger partial charge in [-0.15, -0.1) is 0 Å². The van der Waals surface area contributed by atoms with Gasteiger partial charge in [0, 0.05) is 26.7 Å². The molecule has 5 rings (SSSR count). The molecular weight excluding hydrogens is 520 g/mol. The first-order chi connectivity index (χ1) is 17.4. The molecule has 0 fully saturated rings. The molecule has 3 aromatic carbocycles. The molecule has 0 N–H and O–H groups in total. The number of amides is 1. The van der Waals surface area contributed by atoms with E-state index in [9.17, 15) is 10.1 Å². The highest BCUT2D eigenvalue weighted by molar-refractivity contribution is 9.10. The van der Waals surface area contributed by atoms with Crippen LogP contribution in [-0.4, -0.2) is 27.9 Å². The maximum absolute atomic E-state index is 12.7. The predicted octanol–water partition coefficient (Wildman–Crippen LogP) is 6.40. The third kappa shape index (κ3) is 4.70. The van der Waals surface area contributed by atoms with Crippen molar-refractivity contribution in [2.75, 3.05) is 0 Å². The molecule has 36 heavy (non-hydrogen) atoms. The van der Waals surface area contributed by atoms with Crippen LogP contribution in [0.5, 0.6) is 5.75 Å². The van der Waals surface area contributed by atoms with Gasteiger partial charge >= 0.3 is 0 Å². The summed E-state index contributed by atoms with van der Waals surface area (Å²) in [6.45, 7) is 3.81. The highest BCUT2D eigenvalue weighted by Gasteiger charge is 2.24. The Kier molecular flexibility index (Phi) is 6.49. The minimum atomic E-state index is -0.268. The molecule has 4 aromatic rings. The molecule has 178 valence electrons. The summed E-state index contributed by atoms with van der Waals surface area (Å²) in [6, 6.07) is 20.3. The lowest BCUT2D eigenvalue weighted by molar-refractivity contribution is 0.100. The Morgan fingerprint density at radius 1 is 1.11 bits per heavy atom. The number of benzene rings is 3. The van der Waals surface area contributed by atoms with E-state index in [-0.39, 0.29) is 12.0 Å². The van der Waals surface area contributed by atoms with Crippen molar-refractivity contribution in [1.29, 1.82) is 5.26 Å². The van der Waals surface area contributed by atoms with Crippen molar-refractivity contribution in [2.45, 2.75) is 32.8 Å². The second kappa shape index (κ2) is 9.88. The van der Waals surface area contributed by atoms with Crippen LogP contribution >= 0.6 is 15.9 Å². The lowest BCUT2D eigenvalue weighted by Crippen LogP contribution is -2.06. The first-order valence-corrected chi connectivity index (χ1v) is 12.3. The number of carbonyl (C=O) groups excluding carboxylic acids is 1. The van der Waals surface area contributed by atoms with Crippen LogP contribution in [0.15, 0.2) is 74.7 Å². The first-order valence-electron chi connectivity index (χ1n) is 11.5. The van der Waals surface area contributed by atoms with Crippen LogP contribution in [0.4, 0.5) is 0 Å². The van der Waals surface area contributed by atoms with Crippen molar-refractivity contribution in [3.63, 3.8) is 0 Å². The number of aromatic nitrogens is 2. The number of carbonyl (C=O) groups is 1. The van der Waals surface area contributed by atoms with E-state index in [0.717, 1.165) is 33.3 Å². The van der Waals surface area contributed by atoms with E-state index < -0.39 is 0 Å². The van der Waals surface area contributed by atoms with E-state index in [4.69, 9.17) is 9.26 Å². The molecule has 0 aliphatic heterocycles. The Morgan fingerprint density at radius 2 is 1.89 bits per heavy atom. The average Bonchev–Trinajstić information content (AvgIpc) is 3.52. The van der Waals surface area contributed by atoms with Crippen LogP contribution in [0.2, 0.25) is 0 Å². The number of rotatable bonds is 5. The van der Waals surface area contributed by atoms with E-state index in [1.165, 1.54) is 0 Å². The fraction of sp³-hybridized carbons (Fsp3) is 0.179. The third-order valence-electron chi connectivity index (χ3n) is 5.80. The quantitative estimate of drug-likeness (QED) is 0.290. The van der Waals surface area contributed by atoms with Gasteiger partial charge < -0.3 is 9.26 Å². The van der Waals surface area contributed by atoms with E-state index in [2.05, 4.69) is 37.1 Å². The number of nitriles is 1. The fourth-order valence-corrected chi connectivity index (χ4v) is 4.43. The summed E-state index contributed by atoms with van der Waals surface area (Å²) >= 11 is 3.38. The van der Waals surface area contributed by atoms with Gasteiger partial charge in [-0.1, -0.05) is 39.3 Å². The van der Waals surface area contributed by atoms with Gasteiger partial charge in [0.2, 0.25) is 5.82 Å². The number of aliphatic imine (C=N–C) groups is 1. The summed E-state index contributed by atoms with van der Waals surface area (Å²) in [5, 5.41) is 13.7. The summed E-state index contributed by atoms with van der Waals surface area (Å²) < 4.78 is 12.1. The zero-order chi connectivity index (χ0) is 25.2. The zero-order valence-electron chi connectivity index (χ0n) is 19.7. The topological polar surface area (TPSA) is 101 Å². The molecule has 1 aromatic heterocycles. The zero-order valence-corrected chi connectivity index (χ0v) is 21.2. The van der Waals surface area contributed by atoms with Gasteiger partial charge in [-0.05, 0) is 74.7 Å². The number of hydrogen-bond acceptors (Lipinski definition) is 6. The van der Waals surface area contributed by atoms with Crippen molar-refractivity contribution in [3.8, 4) is 34.7 Å². The number of ether oxygens (including phenoxy) is 1. The van der Waals surface area contributed by atoms with Crippen molar-refractivity contribution in [1.82, 2.24) is 10.1 Å². The SMILES string of the molecule is CC(C)Oc1ccc(-c2nc(-c3cccc4c3CC/C4=N/C(=O)c3ccc(Br)cc3)no2)cc1C#N. The normalized spacial score (nSPS) is 13.6. The molecule has 1 aliphatic rings. The van der Waals surface area contributed by atoms with Crippen LogP contribution < -0.4 is 4.74 Å². The minimum Gasteiger partial charge on any atom is -0.490 e. The number of hydrogen-bond donors (Lipinski definition) is 0. The van der Waals surface area contributed by atoms with Crippen LogP contribution in [-0.2, 0) is 6.42 Å². The maximum atomic E-state index is 12.7.